The van der Waals surface area contributed by atoms with E-state index in [4.69, 9.17) is 4.74 Å². The van der Waals surface area contributed by atoms with Crippen LogP contribution in [0, 0.1) is 0 Å². The lowest BCUT2D eigenvalue weighted by atomic mass is 9.79. The van der Waals surface area contributed by atoms with Gasteiger partial charge in [-0.05, 0) is 46.6 Å². The summed E-state index contributed by atoms with van der Waals surface area (Å²) in [6.07, 6.45) is 1.70. The Morgan fingerprint density at radius 2 is 1.76 bits per heavy atom. The van der Waals surface area contributed by atoms with E-state index in [0.29, 0.717) is 11.6 Å². The Kier molecular flexibility index (Phi) is 3.34. The molecular formula is C17H24N2O2. The molecule has 21 heavy (non-hydrogen) atoms. The number of piperidine rings is 1. The summed E-state index contributed by atoms with van der Waals surface area (Å²) in [7, 11) is 0. The molecule has 0 bridgehead atoms. The Hall–Kier alpha value is -1.39. The van der Waals surface area contributed by atoms with Crippen LogP contribution >= 0.6 is 0 Å². The van der Waals surface area contributed by atoms with Gasteiger partial charge in [0.25, 0.3) is 0 Å². The first kappa shape index (κ1) is 14.5. The molecule has 2 heterocycles. The second-order valence-corrected chi connectivity index (χ2v) is 7.54. The van der Waals surface area contributed by atoms with E-state index < -0.39 is 0 Å². The van der Waals surface area contributed by atoms with Crippen LogP contribution in [0.15, 0.2) is 24.3 Å². The van der Waals surface area contributed by atoms with Crippen molar-refractivity contribution in [2.45, 2.75) is 63.9 Å². The number of ether oxygens (including phenoxy) is 1. The number of esters is 1. The van der Waals surface area contributed by atoms with Crippen molar-refractivity contribution in [2.24, 2.45) is 0 Å². The number of fused-ring (bicyclic) bond motifs is 1. The number of rotatable bonds is 2. The molecular weight excluding hydrogens is 264 g/mol. The maximum Gasteiger partial charge on any atom is 0.340 e. The van der Waals surface area contributed by atoms with Gasteiger partial charge in [0.2, 0.25) is 0 Å². The smallest absolute Gasteiger partial charge is 0.340 e. The fourth-order valence-corrected chi connectivity index (χ4v) is 3.92. The second kappa shape index (κ2) is 4.82. The average Bonchev–Trinajstić information content (AvgIpc) is 2.63. The number of hydrogen-bond acceptors (Lipinski definition) is 4. The summed E-state index contributed by atoms with van der Waals surface area (Å²) in [6, 6.07) is 7.94. The molecule has 0 radical (unpaired) electrons. The third-order valence-corrected chi connectivity index (χ3v) is 4.27. The molecule has 1 fully saturated rings. The maximum atomic E-state index is 11.9. The molecule has 3 rings (SSSR count). The van der Waals surface area contributed by atoms with Gasteiger partial charge >= 0.3 is 5.97 Å². The Balaban J connectivity index is 1.77. The van der Waals surface area contributed by atoms with Crippen molar-refractivity contribution < 1.29 is 9.53 Å². The summed E-state index contributed by atoms with van der Waals surface area (Å²) in [5, 5.41) is 7.20. The van der Waals surface area contributed by atoms with Gasteiger partial charge in [-0.3, -0.25) is 5.32 Å². The van der Waals surface area contributed by atoms with Crippen LogP contribution in [0.3, 0.4) is 0 Å². The molecule has 2 aliphatic heterocycles. The van der Waals surface area contributed by atoms with E-state index in [2.05, 4.69) is 38.3 Å². The highest BCUT2D eigenvalue weighted by atomic mass is 16.6. The topological polar surface area (TPSA) is 50.4 Å². The van der Waals surface area contributed by atoms with Gasteiger partial charge < -0.3 is 10.1 Å². The predicted octanol–water partition coefficient (Wildman–Crippen LogP) is 2.75. The normalized spacial score (nSPS) is 27.2. The lowest BCUT2D eigenvalue weighted by Gasteiger charge is -2.47. The molecule has 1 unspecified atom stereocenters. The van der Waals surface area contributed by atoms with Crippen LogP contribution in [0.2, 0.25) is 0 Å². The molecule has 0 saturated carbocycles. The number of benzene rings is 1. The van der Waals surface area contributed by atoms with Gasteiger partial charge in [-0.15, -0.1) is 0 Å². The minimum Gasteiger partial charge on any atom is -0.439 e. The number of cyclic esters (lactones) is 1. The lowest BCUT2D eigenvalue weighted by Crippen LogP contribution is -2.61. The minimum absolute atomic E-state index is 0.0710. The van der Waals surface area contributed by atoms with Crippen molar-refractivity contribution in [3.05, 3.63) is 35.4 Å². The largest absolute Gasteiger partial charge is 0.439 e. The molecule has 4 heteroatoms. The van der Waals surface area contributed by atoms with Gasteiger partial charge in [-0.1, -0.05) is 18.2 Å². The van der Waals surface area contributed by atoms with Crippen molar-refractivity contribution >= 4 is 5.97 Å². The zero-order chi connectivity index (χ0) is 15.3. The van der Waals surface area contributed by atoms with Crippen LogP contribution in [0.5, 0.6) is 0 Å². The van der Waals surface area contributed by atoms with E-state index in [-0.39, 0.29) is 23.3 Å². The van der Waals surface area contributed by atoms with E-state index in [1.165, 1.54) is 0 Å². The Bertz CT molecular complexity index is 550. The number of carbonyl (C=O) groups is 1. The van der Waals surface area contributed by atoms with Crippen molar-refractivity contribution in [2.75, 3.05) is 0 Å². The number of hydrogen-bond donors (Lipinski definition) is 2. The summed E-state index contributed by atoms with van der Waals surface area (Å²) >= 11 is 0. The summed E-state index contributed by atoms with van der Waals surface area (Å²) in [6.45, 7) is 8.88. The number of nitrogens with one attached hydrogen (secondary N) is 2. The summed E-state index contributed by atoms with van der Waals surface area (Å²) in [5.74, 6) is -0.226. The number of carbonyl (C=O) groups excluding carboxylic acids is 1. The first-order valence-electron chi connectivity index (χ1n) is 7.61. The SMILES string of the molecule is CC1(C)CC(NC2OC(=O)c3ccccc32)CC(C)(C)N1. The highest BCUT2D eigenvalue weighted by Crippen LogP contribution is 2.33. The van der Waals surface area contributed by atoms with Crippen LogP contribution in [0.1, 0.15) is 62.7 Å². The molecule has 1 saturated heterocycles. The first-order chi connectivity index (χ1) is 9.76. The summed E-state index contributed by atoms with van der Waals surface area (Å²) < 4.78 is 5.50. The molecule has 1 aromatic rings. The van der Waals surface area contributed by atoms with E-state index >= 15 is 0 Å². The first-order valence-corrected chi connectivity index (χ1v) is 7.61. The molecule has 0 spiro atoms. The predicted molar refractivity (Wildman–Crippen MR) is 82.0 cm³/mol. The third kappa shape index (κ3) is 2.97. The molecule has 2 N–H and O–H groups in total. The Labute approximate surface area is 126 Å². The van der Waals surface area contributed by atoms with Crippen molar-refractivity contribution in [1.82, 2.24) is 10.6 Å². The molecule has 0 aromatic heterocycles. The molecule has 1 atom stereocenters. The van der Waals surface area contributed by atoms with Crippen molar-refractivity contribution in [1.29, 1.82) is 0 Å². The van der Waals surface area contributed by atoms with Crippen LogP contribution in [-0.4, -0.2) is 23.1 Å². The third-order valence-electron chi connectivity index (χ3n) is 4.27. The molecule has 1 aromatic carbocycles. The maximum absolute atomic E-state index is 11.9. The quantitative estimate of drug-likeness (QED) is 0.822. The van der Waals surface area contributed by atoms with Gasteiger partial charge in [0, 0.05) is 22.7 Å². The summed E-state index contributed by atoms with van der Waals surface area (Å²) in [4.78, 5) is 11.9. The van der Waals surface area contributed by atoms with Crippen LogP contribution < -0.4 is 10.6 Å². The van der Waals surface area contributed by atoms with Crippen LogP contribution in [0.4, 0.5) is 0 Å². The van der Waals surface area contributed by atoms with Gasteiger partial charge in [-0.2, -0.15) is 0 Å². The second-order valence-electron chi connectivity index (χ2n) is 7.54. The standard InChI is InChI=1S/C17H24N2O2/c1-16(2)9-11(10-17(3,4)19-16)18-14-12-7-5-6-8-13(12)15(20)21-14/h5-8,11,14,18-19H,9-10H2,1-4H3. The van der Waals surface area contributed by atoms with Gasteiger partial charge in [0.05, 0.1) is 5.56 Å². The highest BCUT2D eigenvalue weighted by Gasteiger charge is 2.40. The molecule has 4 nitrogen and oxygen atoms in total. The Morgan fingerprint density at radius 1 is 1.14 bits per heavy atom. The Morgan fingerprint density at radius 3 is 2.43 bits per heavy atom. The fraction of sp³-hybridized carbons (Fsp3) is 0.588. The molecule has 0 amide bonds. The fourth-order valence-electron chi connectivity index (χ4n) is 3.92. The monoisotopic (exact) mass is 288 g/mol. The van der Waals surface area contributed by atoms with Crippen LogP contribution in [-0.2, 0) is 4.74 Å². The zero-order valence-corrected chi connectivity index (χ0v) is 13.2. The van der Waals surface area contributed by atoms with E-state index in [1.54, 1.807) is 0 Å². The van der Waals surface area contributed by atoms with Crippen molar-refractivity contribution in [3.8, 4) is 0 Å². The lowest BCUT2D eigenvalue weighted by molar-refractivity contribution is 0.0209. The van der Waals surface area contributed by atoms with Crippen molar-refractivity contribution in [3.63, 3.8) is 0 Å². The van der Waals surface area contributed by atoms with E-state index in [0.717, 1.165) is 18.4 Å². The van der Waals surface area contributed by atoms with Gasteiger partial charge in [-0.25, -0.2) is 4.79 Å². The van der Waals surface area contributed by atoms with Gasteiger partial charge in [0.1, 0.15) is 0 Å². The van der Waals surface area contributed by atoms with Gasteiger partial charge in [0.15, 0.2) is 6.23 Å². The van der Waals surface area contributed by atoms with E-state index in [9.17, 15) is 4.79 Å². The minimum atomic E-state index is -0.316. The molecule has 114 valence electrons. The van der Waals surface area contributed by atoms with Crippen LogP contribution in [0.25, 0.3) is 0 Å². The average molecular weight is 288 g/mol. The molecule has 0 aliphatic carbocycles. The zero-order valence-electron chi connectivity index (χ0n) is 13.2. The molecule has 2 aliphatic rings. The summed E-state index contributed by atoms with van der Waals surface area (Å²) in [5.41, 5.74) is 1.78. The van der Waals surface area contributed by atoms with E-state index in [1.807, 2.05) is 24.3 Å². The highest BCUT2D eigenvalue weighted by molar-refractivity contribution is 5.93.